The van der Waals surface area contributed by atoms with Gasteiger partial charge in [-0.25, -0.2) is 9.78 Å². The molecule has 1 spiro atoms. The number of ether oxygens (including phenoxy) is 2. The average molecular weight is 468 g/mol. The Morgan fingerprint density at radius 2 is 1.94 bits per heavy atom. The number of nitrogens with one attached hydrogen (secondary N) is 1. The van der Waals surface area contributed by atoms with Crippen LogP contribution < -0.4 is 5.32 Å². The minimum atomic E-state index is -4.59. The number of carbonyl (C=O) groups is 2. The molecule has 0 aromatic carbocycles. The highest BCUT2D eigenvalue weighted by molar-refractivity contribution is 6.15. The van der Waals surface area contributed by atoms with Crippen molar-refractivity contribution in [3.63, 3.8) is 0 Å². The Kier molecular flexibility index (Phi) is 5.88. The van der Waals surface area contributed by atoms with Gasteiger partial charge in [0.15, 0.2) is 0 Å². The van der Waals surface area contributed by atoms with Gasteiger partial charge in [-0.05, 0) is 58.6 Å². The van der Waals surface area contributed by atoms with Crippen molar-refractivity contribution in [2.45, 2.75) is 69.9 Å². The fourth-order valence-electron chi connectivity index (χ4n) is 4.24. The number of halogens is 3. The monoisotopic (exact) mass is 468 g/mol. The molecule has 0 radical (unpaired) electrons. The van der Waals surface area contributed by atoms with Crippen molar-refractivity contribution in [1.29, 1.82) is 0 Å². The van der Waals surface area contributed by atoms with E-state index in [4.69, 9.17) is 9.47 Å². The van der Waals surface area contributed by atoms with Crippen molar-refractivity contribution >= 4 is 17.8 Å². The summed E-state index contributed by atoms with van der Waals surface area (Å²) in [5.41, 5.74) is -2.26. The molecule has 4 heterocycles. The van der Waals surface area contributed by atoms with E-state index in [0.29, 0.717) is 25.0 Å². The summed E-state index contributed by atoms with van der Waals surface area (Å²) >= 11 is 0. The summed E-state index contributed by atoms with van der Waals surface area (Å²) < 4.78 is 50.8. The second-order valence-electron chi connectivity index (χ2n) is 9.54. The minimum absolute atomic E-state index is 0.129. The number of amidine groups is 1. The molecular formula is C22H27F3N4O4. The van der Waals surface area contributed by atoms with Crippen LogP contribution in [0.5, 0.6) is 0 Å². The largest absolute Gasteiger partial charge is 0.444 e. The van der Waals surface area contributed by atoms with E-state index in [0.717, 1.165) is 6.07 Å². The topological polar surface area (TPSA) is 93.1 Å². The van der Waals surface area contributed by atoms with Gasteiger partial charge in [-0.1, -0.05) is 0 Å². The van der Waals surface area contributed by atoms with E-state index < -0.39 is 35.2 Å². The normalized spacial score (nSPS) is 23.0. The Balaban J connectivity index is 1.59. The van der Waals surface area contributed by atoms with E-state index >= 15 is 0 Å². The first kappa shape index (κ1) is 23.5. The molecule has 1 aromatic rings. The van der Waals surface area contributed by atoms with Crippen molar-refractivity contribution in [2.75, 3.05) is 19.7 Å². The average Bonchev–Trinajstić information content (AvgIpc) is 3.35. The second-order valence-corrected chi connectivity index (χ2v) is 9.54. The highest BCUT2D eigenvalue weighted by atomic mass is 19.4. The van der Waals surface area contributed by atoms with Crippen molar-refractivity contribution < 1.29 is 32.2 Å². The van der Waals surface area contributed by atoms with Crippen LogP contribution >= 0.6 is 0 Å². The van der Waals surface area contributed by atoms with Crippen molar-refractivity contribution in [1.82, 2.24) is 15.2 Å². The van der Waals surface area contributed by atoms with Crippen molar-refractivity contribution in [3.05, 3.63) is 29.1 Å². The lowest BCUT2D eigenvalue weighted by atomic mass is 9.88. The number of likely N-dealkylation sites (tertiary alicyclic amines) is 1. The van der Waals surface area contributed by atoms with Crippen LogP contribution in [0.3, 0.4) is 0 Å². The van der Waals surface area contributed by atoms with Crippen LogP contribution in [0.4, 0.5) is 18.0 Å². The molecule has 2 saturated heterocycles. The van der Waals surface area contributed by atoms with Crippen LogP contribution in [0.15, 0.2) is 17.1 Å². The number of hydrogen-bond acceptors (Lipinski definition) is 6. The van der Waals surface area contributed by atoms with E-state index in [1.807, 2.05) is 0 Å². The maximum absolute atomic E-state index is 13.3. The number of carbonyl (C=O) groups excluding carboxylic acids is 2. The number of aromatic nitrogens is 1. The molecule has 3 aliphatic rings. The lowest BCUT2D eigenvalue weighted by molar-refractivity contribution is -0.141. The Morgan fingerprint density at radius 1 is 1.24 bits per heavy atom. The van der Waals surface area contributed by atoms with Crippen LogP contribution in [0.2, 0.25) is 0 Å². The highest BCUT2D eigenvalue weighted by Gasteiger charge is 2.48. The van der Waals surface area contributed by atoms with Crippen LogP contribution in [-0.2, 0) is 20.4 Å². The molecule has 33 heavy (non-hydrogen) atoms. The lowest BCUT2D eigenvalue weighted by Gasteiger charge is -2.36. The quantitative estimate of drug-likeness (QED) is 0.716. The van der Waals surface area contributed by atoms with Gasteiger partial charge in [-0.15, -0.1) is 0 Å². The molecule has 8 nitrogen and oxygen atoms in total. The van der Waals surface area contributed by atoms with E-state index in [9.17, 15) is 22.8 Å². The van der Waals surface area contributed by atoms with Crippen molar-refractivity contribution in [2.24, 2.45) is 4.99 Å². The van der Waals surface area contributed by atoms with Gasteiger partial charge in [0.1, 0.15) is 28.8 Å². The van der Waals surface area contributed by atoms with Crippen LogP contribution in [-0.4, -0.2) is 58.6 Å². The summed E-state index contributed by atoms with van der Waals surface area (Å²) in [5, 5.41) is 2.73. The molecule has 4 rings (SSSR count). The summed E-state index contributed by atoms with van der Waals surface area (Å²) in [7, 11) is 0. The zero-order valence-corrected chi connectivity index (χ0v) is 18.8. The predicted molar refractivity (Wildman–Crippen MR) is 112 cm³/mol. The number of amides is 2. The van der Waals surface area contributed by atoms with Gasteiger partial charge in [0.25, 0.3) is 5.91 Å². The summed E-state index contributed by atoms with van der Waals surface area (Å²) in [6, 6.07) is 2.18. The van der Waals surface area contributed by atoms with Gasteiger partial charge in [0.05, 0.1) is 5.69 Å². The third kappa shape index (κ3) is 4.83. The number of hydrogen-bond donors (Lipinski definition) is 1. The molecule has 1 unspecified atom stereocenters. The first-order valence-electron chi connectivity index (χ1n) is 11.0. The fraction of sp³-hybridized carbons (Fsp3) is 0.636. The van der Waals surface area contributed by atoms with Gasteiger partial charge < -0.3 is 19.7 Å². The number of aliphatic imine (C=N–C) groups is 1. The molecule has 180 valence electrons. The molecule has 0 saturated carbocycles. The van der Waals surface area contributed by atoms with Gasteiger partial charge in [0.2, 0.25) is 0 Å². The molecule has 1 N–H and O–H groups in total. The lowest BCUT2D eigenvalue weighted by Crippen LogP contribution is -2.51. The van der Waals surface area contributed by atoms with Crippen LogP contribution in [0.25, 0.3) is 0 Å². The number of nitrogens with zero attached hydrogens (tertiary/aromatic N) is 3. The van der Waals surface area contributed by atoms with Crippen LogP contribution in [0.1, 0.15) is 69.5 Å². The summed E-state index contributed by atoms with van der Waals surface area (Å²) in [5.74, 6) is -0.142. The molecule has 11 heteroatoms. The standard InChI is InChI=1S/C22H27F3N4O4/c1-20(2,3)33-19(31)29-10-8-21(9-11-29)18(30)27-17(28-21)13-6-7-15(22(23,24)25)26-16(13)14-5-4-12-32-14/h6-7,14H,4-5,8-12H2,1-3H3,(H,27,28,30). The summed E-state index contributed by atoms with van der Waals surface area (Å²) in [6.07, 6.45) is -3.82. The minimum Gasteiger partial charge on any atom is -0.444 e. The van der Waals surface area contributed by atoms with E-state index in [1.54, 1.807) is 20.8 Å². The van der Waals surface area contributed by atoms with Crippen LogP contribution in [0, 0.1) is 0 Å². The zero-order valence-electron chi connectivity index (χ0n) is 18.8. The summed E-state index contributed by atoms with van der Waals surface area (Å²) in [6.45, 7) is 6.33. The van der Waals surface area contributed by atoms with E-state index in [-0.39, 0.29) is 43.4 Å². The Bertz CT molecular complexity index is 973. The van der Waals surface area contributed by atoms with Crippen molar-refractivity contribution in [3.8, 4) is 0 Å². The predicted octanol–water partition coefficient (Wildman–Crippen LogP) is 3.60. The van der Waals surface area contributed by atoms with Gasteiger partial charge in [0, 0.05) is 25.3 Å². The Morgan fingerprint density at radius 3 is 2.52 bits per heavy atom. The smallest absolute Gasteiger partial charge is 0.433 e. The molecule has 0 bridgehead atoms. The van der Waals surface area contributed by atoms with E-state index in [1.165, 1.54) is 11.0 Å². The molecule has 2 amide bonds. The first-order valence-corrected chi connectivity index (χ1v) is 11.0. The molecule has 3 aliphatic heterocycles. The SMILES string of the molecule is CC(C)(C)OC(=O)N1CCC2(CC1)N=C(c1ccc(C(F)(F)F)nc1C1CCCO1)NC2=O. The molecule has 2 fully saturated rings. The second kappa shape index (κ2) is 8.27. The fourth-order valence-corrected chi connectivity index (χ4v) is 4.24. The number of alkyl halides is 3. The summed E-state index contributed by atoms with van der Waals surface area (Å²) in [4.78, 5) is 35.3. The molecule has 0 aliphatic carbocycles. The van der Waals surface area contributed by atoms with Gasteiger partial charge >= 0.3 is 12.3 Å². The maximum atomic E-state index is 13.3. The number of piperidine rings is 1. The van der Waals surface area contributed by atoms with Gasteiger partial charge in [-0.3, -0.25) is 9.79 Å². The molecule has 1 atom stereocenters. The Hall–Kier alpha value is -2.69. The van der Waals surface area contributed by atoms with E-state index in [2.05, 4.69) is 15.3 Å². The van der Waals surface area contributed by atoms with Gasteiger partial charge in [-0.2, -0.15) is 13.2 Å². The Labute approximate surface area is 189 Å². The third-order valence-electron chi connectivity index (χ3n) is 5.93. The number of pyridine rings is 1. The molecular weight excluding hydrogens is 441 g/mol. The number of rotatable bonds is 2. The third-order valence-corrected chi connectivity index (χ3v) is 5.93. The maximum Gasteiger partial charge on any atom is 0.433 e. The zero-order chi connectivity index (χ0) is 24.0. The highest BCUT2D eigenvalue weighted by Crippen LogP contribution is 2.36. The first-order chi connectivity index (χ1) is 15.4. The molecule has 1 aromatic heterocycles.